The summed E-state index contributed by atoms with van der Waals surface area (Å²) in [6, 6.07) is 7.83. The minimum Gasteiger partial charge on any atom is -0.313 e. The van der Waals surface area contributed by atoms with E-state index in [2.05, 4.69) is 27.9 Å². The van der Waals surface area contributed by atoms with Crippen LogP contribution in [0.5, 0.6) is 0 Å². The van der Waals surface area contributed by atoms with E-state index in [1.165, 1.54) is 0 Å². The van der Waals surface area contributed by atoms with Crippen LogP contribution in [0.25, 0.3) is 0 Å². The number of nitrogens with one attached hydrogen (secondary N) is 1. The SMILES string of the molecule is CNC(CCCC(F)(F)F)c1ccc(I)cc1. The molecule has 1 atom stereocenters. The lowest BCUT2D eigenvalue weighted by Gasteiger charge is -2.17. The van der Waals surface area contributed by atoms with Gasteiger partial charge in [-0.1, -0.05) is 12.1 Å². The molecule has 0 spiro atoms. The fourth-order valence-corrected chi connectivity index (χ4v) is 2.04. The minimum absolute atomic E-state index is 0.00523. The van der Waals surface area contributed by atoms with Crippen molar-refractivity contribution in [3.8, 4) is 0 Å². The van der Waals surface area contributed by atoms with Crippen molar-refractivity contribution in [2.45, 2.75) is 31.5 Å². The van der Waals surface area contributed by atoms with E-state index >= 15 is 0 Å². The average molecular weight is 357 g/mol. The zero-order valence-corrected chi connectivity index (χ0v) is 11.7. The molecule has 0 aliphatic rings. The number of benzene rings is 1. The second-order valence-electron chi connectivity index (χ2n) is 3.90. The first-order valence-electron chi connectivity index (χ1n) is 5.42. The van der Waals surface area contributed by atoms with Crippen LogP contribution in [0.2, 0.25) is 0 Å². The van der Waals surface area contributed by atoms with E-state index in [1.54, 1.807) is 7.05 Å². The minimum atomic E-state index is -4.05. The first kappa shape index (κ1) is 14.8. The van der Waals surface area contributed by atoms with Gasteiger partial charge in [-0.2, -0.15) is 13.2 Å². The summed E-state index contributed by atoms with van der Waals surface area (Å²) >= 11 is 2.20. The monoisotopic (exact) mass is 357 g/mol. The van der Waals surface area contributed by atoms with Gasteiger partial charge in [-0.3, -0.25) is 0 Å². The molecule has 1 aromatic rings. The molecule has 1 aromatic carbocycles. The van der Waals surface area contributed by atoms with E-state index in [-0.39, 0.29) is 12.5 Å². The van der Waals surface area contributed by atoms with Crippen LogP contribution < -0.4 is 5.32 Å². The Hall–Kier alpha value is -0.300. The molecule has 1 nitrogen and oxygen atoms in total. The standard InChI is InChI=1S/C12H15F3IN/c1-17-11(3-2-8-12(13,14)15)9-4-6-10(16)7-5-9/h4-7,11,17H,2-3,8H2,1H3. The maximum atomic E-state index is 12.0. The summed E-state index contributed by atoms with van der Waals surface area (Å²) in [5, 5.41) is 3.05. The Morgan fingerprint density at radius 1 is 1.24 bits per heavy atom. The third kappa shape index (κ3) is 5.72. The smallest absolute Gasteiger partial charge is 0.313 e. The molecule has 1 unspecified atom stereocenters. The summed E-state index contributed by atoms with van der Waals surface area (Å²) in [6.45, 7) is 0. The lowest BCUT2D eigenvalue weighted by atomic mass is 10.0. The van der Waals surface area contributed by atoms with Gasteiger partial charge in [0, 0.05) is 16.0 Å². The van der Waals surface area contributed by atoms with E-state index in [4.69, 9.17) is 0 Å². The van der Waals surface area contributed by atoms with Crippen molar-refractivity contribution in [2.75, 3.05) is 7.05 Å². The Morgan fingerprint density at radius 3 is 2.29 bits per heavy atom. The number of halogens is 4. The Labute approximate surface area is 113 Å². The topological polar surface area (TPSA) is 12.0 Å². The number of alkyl halides is 3. The summed E-state index contributed by atoms with van der Waals surface area (Å²) in [6.07, 6.45) is -4.11. The highest BCUT2D eigenvalue weighted by Crippen LogP contribution is 2.26. The second-order valence-corrected chi connectivity index (χ2v) is 5.15. The van der Waals surface area contributed by atoms with Crippen molar-refractivity contribution in [3.05, 3.63) is 33.4 Å². The lowest BCUT2D eigenvalue weighted by Crippen LogP contribution is -2.17. The molecular formula is C12H15F3IN. The normalized spacial score (nSPS) is 13.7. The predicted octanol–water partition coefficient (Wildman–Crippen LogP) is 4.28. The van der Waals surface area contributed by atoms with Gasteiger partial charge in [0.1, 0.15) is 0 Å². The van der Waals surface area contributed by atoms with E-state index in [0.29, 0.717) is 6.42 Å². The van der Waals surface area contributed by atoms with Gasteiger partial charge in [-0.25, -0.2) is 0 Å². The van der Waals surface area contributed by atoms with Crippen LogP contribution in [0.15, 0.2) is 24.3 Å². The van der Waals surface area contributed by atoms with Gasteiger partial charge < -0.3 is 5.32 Å². The quantitative estimate of drug-likeness (QED) is 0.776. The van der Waals surface area contributed by atoms with Gasteiger partial charge in [-0.15, -0.1) is 0 Å². The molecular weight excluding hydrogens is 342 g/mol. The van der Waals surface area contributed by atoms with Crippen LogP contribution in [0.4, 0.5) is 13.2 Å². The van der Waals surface area contributed by atoms with Crippen molar-refractivity contribution in [2.24, 2.45) is 0 Å². The van der Waals surface area contributed by atoms with Crippen molar-refractivity contribution >= 4 is 22.6 Å². The summed E-state index contributed by atoms with van der Waals surface area (Å²) in [4.78, 5) is 0. The van der Waals surface area contributed by atoms with Crippen LogP contribution in [0.1, 0.15) is 30.9 Å². The number of hydrogen-bond donors (Lipinski definition) is 1. The molecule has 0 bridgehead atoms. The highest BCUT2D eigenvalue weighted by atomic mass is 127. The predicted molar refractivity (Wildman–Crippen MR) is 70.9 cm³/mol. The Morgan fingerprint density at radius 2 is 1.82 bits per heavy atom. The third-order valence-corrected chi connectivity index (χ3v) is 3.29. The Balaban J connectivity index is 2.51. The lowest BCUT2D eigenvalue weighted by molar-refractivity contribution is -0.135. The van der Waals surface area contributed by atoms with Crippen LogP contribution in [-0.2, 0) is 0 Å². The summed E-state index contributed by atoms with van der Waals surface area (Å²) in [7, 11) is 1.77. The van der Waals surface area contributed by atoms with E-state index in [1.807, 2.05) is 24.3 Å². The van der Waals surface area contributed by atoms with Gasteiger partial charge in [0.05, 0.1) is 0 Å². The number of rotatable bonds is 5. The molecule has 96 valence electrons. The van der Waals surface area contributed by atoms with Gasteiger partial charge in [0.25, 0.3) is 0 Å². The molecule has 0 aliphatic carbocycles. The molecule has 0 saturated carbocycles. The van der Waals surface area contributed by atoms with E-state index in [0.717, 1.165) is 9.13 Å². The molecule has 1 N–H and O–H groups in total. The molecule has 0 heterocycles. The fraction of sp³-hybridized carbons (Fsp3) is 0.500. The van der Waals surface area contributed by atoms with Gasteiger partial charge >= 0.3 is 6.18 Å². The van der Waals surface area contributed by atoms with Crippen LogP contribution >= 0.6 is 22.6 Å². The maximum Gasteiger partial charge on any atom is 0.389 e. The average Bonchev–Trinajstić information content (AvgIpc) is 2.24. The molecule has 17 heavy (non-hydrogen) atoms. The van der Waals surface area contributed by atoms with Gasteiger partial charge in [0.15, 0.2) is 0 Å². The van der Waals surface area contributed by atoms with Gasteiger partial charge in [0.2, 0.25) is 0 Å². The zero-order valence-electron chi connectivity index (χ0n) is 9.52. The van der Waals surface area contributed by atoms with Gasteiger partial charge in [-0.05, 0) is 60.2 Å². The Kier molecular flexibility index (Phi) is 5.72. The Bertz CT molecular complexity index is 335. The molecule has 0 radical (unpaired) electrons. The fourth-order valence-electron chi connectivity index (χ4n) is 1.68. The van der Waals surface area contributed by atoms with Crippen LogP contribution in [-0.4, -0.2) is 13.2 Å². The molecule has 0 aromatic heterocycles. The summed E-state index contributed by atoms with van der Waals surface area (Å²) in [5.41, 5.74) is 1.04. The summed E-state index contributed by atoms with van der Waals surface area (Å²) in [5.74, 6) is 0. The molecule has 0 fully saturated rings. The molecule has 0 amide bonds. The van der Waals surface area contributed by atoms with Crippen LogP contribution in [0, 0.1) is 3.57 Å². The van der Waals surface area contributed by atoms with Crippen molar-refractivity contribution in [3.63, 3.8) is 0 Å². The summed E-state index contributed by atoms with van der Waals surface area (Å²) < 4.78 is 37.3. The van der Waals surface area contributed by atoms with Crippen molar-refractivity contribution in [1.29, 1.82) is 0 Å². The molecule has 5 heteroatoms. The first-order chi connectivity index (χ1) is 7.92. The van der Waals surface area contributed by atoms with Crippen molar-refractivity contribution < 1.29 is 13.2 Å². The largest absolute Gasteiger partial charge is 0.389 e. The highest BCUT2D eigenvalue weighted by molar-refractivity contribution is 14.1. The molecule has 0 saturated heterocycles. The first-order valence-corrected chi connectivity index (χ1v) is 6.50. The second kappa shape index (κ2) is 6.58. The van der Waals surface area contributed by atoms with E-state index in [9.17, 15) is 13.2 Å². The zero-order chi connectivity index (χ0) is 12.9. The number of hydrogen-bond acceptors (Lipinski definition) is 1. The van der Waals surface area contributed by atoms with E-state index < -0.39 is 12.6 Å². The molecule has 0 aliphatic heterocycles. The maximum absolute atomic E-state index is 12.0. The van der Waals surface area contributed by atoms with Crippen LogP contribution in [0.3, 0.4) is 0 Å². The van der Waals surface area contributed by atoms with Crippen molar-refractivity contribution in [1.82, 2.24) is 5.32 Å². The highest BCUT2D eigenvalue weighted by Gasteiger charge is 2.26. The molecule has 1 rings (SSSR count). The third-order valence-electron chi connectivity index (χ3n) is 2.57.